The Morgan fingerprint density at radius 1 is 1.40 bits per heavy atom. The van der Waals surface area contributed by atoms with Gasteiger partial charge in [-0.3, -0.25) is 4.79 Å². The van der Waals surface area contributed by atoms with Crippen LogP contribution in [0.2, 0.25) is 0 Å². The fourth-order valence-corrected chi connectivity index (χ4v) is 1.62. The second kappa shape index (κ2) is 5.11. The van der Waals surface area contributed by atoms with Gasteiger partial charge in [0, 0.05) is 0 Å². The molecule has 5 heteroatoms. The number of benzene rings is 1. The number of fused-ring (bicyclic) bond motifs is 1. The first-order valence-electron chi connectivity index (χ1n) is 4.70. The van der Waals surface area contributed by atoms with E-state index in [0.29, 0.717) is 5.69 Å². The van der Waals surface area contributed by atoms with Gasteiger partial charge in [0.05, 0.1) is 22.4 Å². The Bertz CT molecular complexity index is 382. The normalized spacial score (nSPS) is 12.9. The minimum Gasteiger partial charge on any atom is -0.374 e. The van der Waals surface area contributed by atoms with Crippen molar-refractivity contribution in [1.29, 1.82) is 0 Å². The van der Waals surface area contributed by atoms with Gasteiger partial charge in [0.2, 0.25) is 5.91 Å². The quantitative estimate of drug-likeness (QED) is 0.764. The number of anilines is 2. The number of nitrogens with one attached hydrogen (secondary N) is 2. The monoisotopic (exact) mass is 274 g/mol. The molecule has 2 N–H and O–H groups in total. The summed E-state index contributed by atoms with van der Waals surface area (Å²) < 4.78 is 13.3. The Balaban J connectivity index is 0.000000531. The van der Waals surface area contributed by atoms with E-state index >= 15 is 0 Å². The van der Waals surface area contributed by atoms with Gasteiger partial charge in [-0.25, -0.2) is 4.39 Å². The van der Waals surface area contributed by atoms with Crippen molar-refractivity contribution < 1.29 is 9.18 Å². The number of hydrogen-bond donors (Lipinski definition) is 2. The third kappa shape index (κ3) is 2.47. The molecule has 0 aliphatic carbocycles. The average Bonchev–Trinajstić information content (AvgIpc) is 2.27. The predicted molar refractivity (Wildman–Crippen MR) is 62.6 cm³/mol. The molecule has 3 nitrogen and oxygen atoms in total. The molecule has 82 valence electrons. The Labute approximate surface area is 96.2 Å². The maximum absolute atomic E-state index is 13.0. The molecule has 0 atom stereocenters. The zero-order valence-electron chi connectivity index (χ0n) is 8.53. The summed E-state index contributed by atoms with van der Waals surface area (Å²) in [5.41, 5.74) is 1.20. The third-order valence-corrected chi connectivity index (χ3v) is 2.57. The first kappa shape index (κ1) is 12.0. The summed E-state index contributed by atoms with van der Waals surface area (Å²) in [7, 11) is 0. The van der Waals surface area contributed by atoms with Crippen LogP contribution in [0.5, 0.6) is 0 Å². The lowest BCUT2D eigenvalue weighted by Gasteiger charge is -2.19. The van der Waals surface area contributed by atoms with Crippen LogP contribution in [0, 0.1) is 5.82 Å². The number of amides is 1. The van der Waals surface area contributed by atoms with Crippen LogP contribution in [0.25, 0.3) is 0 Å². The molecule has 1 aromatic rings. The zero-order chi connectivity index (χ0) is 11.4. The molecule has 1 aliphatic rings. The van der Waals surface area contributed by atoms with E-state index in [2.05, 4.69) is 26.6 Å². The van der Waals surface area contributed by atoms with Crippen LogP contribution in [-0.2, 0) is 4.79 Å². The topological polar surface area (TPSA) is 41.1 Å². The molecule has 0 radical (unpaired) electrons. The van der Waals surface area contributed by atoms with Crippen molar-refractivity contribution >= 4 is 33.2 Å². The lowest BCUT2D eigenvalue weighted by Crippen LogP contribution is -2.27. The maximum atomic E-state index is 13.0. The van der Waals surface area contributed by atoms with Gasteiger partial charge in [0.1, 0.15) is 5.82 Å². The zero-order valence-corrected chi connectivity index (χ0v) is 10.1. The highest BCUT2D eigenvalue weighted by molar-refractivity contribution is 9.10. The van der Waals surface area contributed by atoms with E-state index in [-0.39, 0.29) is 22.7 Å². The molecule has 1 aromatic carbocycles. The molecule has 0 aromatic heterocycles. The molecule has 0 fully saturated rings. The van der Waals surface area contributed by atoms with Crippen LogP contribution in [0.3, 0.4) is 0 Å². The number of rotatable bonds is 0. The molecular formula is C10H12BrFN2O. The average molecular weight is 275 g/mol. The second-order valence-electron chi connectivity index (χ2n) is 2.69. The van der Waals surface area contributed by atoms with Crippen LogP contribution in [0.15, 0.2) is 16.6 Å². The molecular weight excluding hydrogens is 263 g/mol. The van der Waals surface area contributed by atoms with Gasteiger partial charge in [-0.05, 0) is 28.1 Å². The molecule has 0 saturated carbocycles. The number of carbonyl (C=O) groups excluding carboxylic acids is 1. The van der Waals surface area contributed by atoms with E-state index < -0.39 is 0 Å². The standard InChI is InChI=1S/C8H6BrFN2O.C2H6/c9-7-4(10)1-2-5-8(7)12-6(13)3-11-5;1-2/h1-2,11H,3H2,(H,12,13);1-2H3. The Morgan fingerprint density at radius 2 is 2.07 bits per heavy atom. The highest BCUT2D eigenvalue weighted by Crippen LogP contribution is 2.34. The summed E-state index contributed by atoms with van der Waals surface area (Å²) >= 11 is 3.06. The summed E-state index contributed by atoms with van der Waals surface area (Å²) in [5, 5.41) is 5.45. The van der Waals surface area contributed by atoms with Crippen molar-refractivity contribution in [2.45, 2.75) is 13.8 Å². The van der Waals surface area contributed by atoms with Crippen molar-refractivity contribution in [2.75, 3.05) is 17.2 Å². The fraction of sp³-hybridized carbons (Fsp3) is 0.300. The van der Waals surface area contributed by atoms with Crippen molar-refractivity contribution in [3.8, 4) is 0 Å². The summed E-state index contributed by atoms with van der Waals surface area (Å²) in [6, 6.07) is 2.93. The van der Waals surface area contributed by atoms with Gasteiger partial charge < -0.3 is 10.6 Å². The molecule has 15 heavy (non-hydrogen) atoms. The molecule has 1 heterocycles. The predicted octanol–water partition coefficient (Wildman–Crippen LogP) is 2.98. The maximum Gasteiger partial charge on any atom is 0.243 e. The van der Waals surface area contributed by atoms with Gasteiger partial charge in [0.15, 0.2) is 0 Å². The largest absolute Gasteiger partial charge is 0.374 e. The Morgan fingerprint density at radius 3 is 2.73 bits per heavy atom. The van der Waals surface area contributed by atoms with E-state index in [9.17, 15) is 9.18 Å². The number of carbonyl (C=O) groups is 1. The van der Waals surface area contributed by atoms with Crippen LogP contribution >= 0.6 is 15.9 Å². The Hall–Kier alpha value is -1.10. The molecule has 0 saturated heterocycles. The van der Waals surface area contributed by atoms with E-state index in [1.165, 1.54) is 6.07 Å². The van der Waals surface area contributed by atoms with E-state index in [4.69, 9.17) is 0 Å². The highest BCUT2D eigenvalue weighted by Gasteiger charge is 2.18. The van der Waals surface area contributed by atoms with Gasteiger partial charge in [-0.1, -0.05) is 13.8 Å². The first-order chi connectivity index (χ1) is 7.18. The van der Waals surface area contributed by atoms with Crippen LogP contribution in [0.4, 0.5) is 15.8 Å². The number of halogens is 2. The van der Waals surface area contributed by atoms with Crippen molar-refractivity contribution in [2.24, 2.45) is 0 Å². The van der Waals surface area contributed by atoms with Crippen LogP contribution in [0.1, 0.15) is 13.8 Å². The smallest absolute Gasteiger partial charge is 0.243 e. The molecule has 0 spiro atoms. The minimum atomic E-state index is -0.386. The minimum absolute atomic E-state index is 0.168. The highest BCUT2D eigenvalue weighted by atomic mass is 79.9. The summed E-state index contributed by atoms with van der Waals surface area (Å²) in [4.78, 5) is 11.0. The van der Waals surface area contributed by atoms with E-state index in [1.807, 2.05) is 13.8 Å². The fourth-order valence-electron chi connectivity index (χ4n) is 1.18. The van der Waals surface area contributed by atoms with Gasteiger partial charge in [0.25, 0.3) is 0 Å². The van der Waals surface area contributed by atoms with E-state index in [1.54, 1.807) is 6.07 Å². The third-order valence-electron chi connectivity index (χ3n) is 1.80. The molecule has 1 amide bonds. The van der Waals surface area contributed by atoms with Crippen molar-refractivity contribution in [3.05, 3.63) is 22.4 Å². The van der Waals surface area contributed by atoms with Gasteiger partial charge in [-0.15, -0.1) is 0 Å². The van der Waals surface area contributed by atoms with Gasteiger partial charge in [-0.2, -0.15) is 0 Å². The van der Waals surface area contributed by atoms with Crippen LogP contribution < -0.4 is 10.6 Å². The van der Waals surface area contributed by atoms with Gasteiger partial charge >= 0.3 is 0 Å². The molecule has 0 bridgehead atoms. The number of hydrogen-bond acceptors (Lipinski definition) is 2. The molecule has 2 rings (SSSR count). The first-order valence-corrected chi connectivity index (χ1v) is 5.49. The lowest BCUT2D eigenvalue weighted by atomic mass is 10.2. The molecule has 0 unspecified atom stereocenters. The summed E-state index contributed by atoms with van der Waals surface area (Å²) in [6.07, 6.45) is 0. The lowest BCUT2D eigenvalue weighted by molar-refractivity contribution is -0.114. The SMILES string of the molecule is CC.O=C1CNc2ccc(F)c(Br)c2N1. The van der Waals surface area contributed by atoms with Crippen LogP contribution in [-0.4, -0.2) is 12.5 Å². The van der Waals surface area contributed by atoms with Crippen molar-refractivity contribution in [3.63, 3.8) is 0 Å². The summed E-state index contributed by atoms with van der Waals surface area (Å²) in [6.45, 7) is 4.23. The molecule has 1 aliphatic heterocycles. The summed E-state index contributed by atoms with van der Waals surface area (Å²) in [5.74, 6) is -0.554. The second-order valence-corrected chi connectivity index (χ2v) is 3.48. The van der Waals surface area contributed by atoms with Crippen molar-refractivity contribution in [1.82, 2.24) is 0 Å². The Kier molecular flexibility index (Phi) is 4.08. The van der Waals surface area contributed by atoms with E-state index in [0.717, 1.165) is 5.69 Å².